The second kappa shape index (κ2) is 4.05. The summed E-state index contributed by atoms with van der Waals surface area (Å²) in [6.07, 6.45) is 1.76. The lowest BCUT2D eigenvalue weighted by Crippen LogP contribution is -1.74. The number of rotatable bonds is 0. The molecular weight excluding hydrogens is 236 g/mol. The molecule has 3 rings (SSSR count). The van der Waals surface area contributed by atoms with Gasteiger partial charge in [-0.05, 0) is 24.1 Å². The molecule has 0 radical (unpaired) electrons. The van der Waals surface area contributed by atoms with E-state index in [2.05, 4.69) is 27.9 Å². The maximum atomic E-state index is 4.23. The predicted molar refractivity (Wildman–Crippen MR) is 67.7 cm³/mol. The first kappa shape index (κ1) is 9.52. The summed E-state index contributed by atoms with van der Waals surface area (Å²) in [6, 6.07) is 6.05. The summed E-state index contributed by atoms with van der Waals surface area (Å²) in [5.41, 5.74) is 3.89. The zero-order valence-electron chi connectivity index (χ0n) is 8.18. The van der Waals surface area contributed by atoms with Crippen LogP contribution < -0.4 is 0 Å². The number of hydrogen-bond acceptors (Lipinski definition) is 4. The topological polar surface area (TPSA) is 25.8 Å². The fraction of sp³-hybridized carbons (Fsp3) is 0. The van der Waals surface area contributed by atoms with E-state index < -0.39 is 0 Å². The Morgan fingerprint density at radius 2 is 2.06 bits per heavy atom. The highest BCUT2D eigenvalue weighted by atomic mass is 32.1. The smallest absolute Gasteiger partial charge is 0.167 e. The second-order valence-electron chi connectivity index (χ2n) is 3.12. The number of aromatic nitrogens is 2. The van der Waals surface area contributed by atoms with E-state index in [9.17, 15) is 0 Å². The summed E-state index contributed by atoms with van der Waals surface area (Å²) in [6.45, 7) is 0. The van der Waals surface area contributed by atoms with Gasteiger partial charge >= 0.3 is 0 Å². The fourth-order valence-electron chi connectivity index (χ4n) is 1.34. The summed E-state index contributed by atoms with van der Waals surface area (Å²) in [5.74, 6) is 6.15. The van der Waals surface area contributed by atoms with Crippen molar-refractivity contribution in [1.29, 1.82) is 0 Å². The predicted octanol–water partition coefficient (Wildman–Crippen LogP) is 3.15. The molecule has 0 saturated carbocycles. The SMILES string of the molecule is C(#Cc1nccs1)c1ccc2ncsc2c1. The Balaban J connectivity index is 2.00. The van der Waals surface area contributed by atoms with Crippen LogP contribution in [0.5, 0.6) is 0 Å². The van der Waals surface area contributed by atoms with Crippen molar-refractivity contribution in [3.05, 3.63) is 45.9 Å². The van der Waals surface area contributed by atoms with E-state index in [4.69, 9.17) is 0 Å². The minimum atomic E-state index is 0.851. The van der Waals surface area contributed by atoms with Crippen molar-refractivity contribution in [3.8, 4) is 11.8 Å². The Labute approximate surface area is 101 Å². The number of fused-ring (bicyclic) bond motifs is 1. The minimum absolute atomic E-state index is 0.851. The number of hydrogen-bond donors (Lipinski definition) is 0. The van der Waals surface area contributed by atoms with Crippen molar-refractivity contribution < 1.29 is 0 Å². The maximum absolute atomic E-state index is 4.23. The van der Waals surface area contributed by atoms with Crippen LogP contribution in [0.25, 0.3) is 10.2 Å². The Bertz CT molecular complexity index is 672. The molecule has 0 atom stereocenters. The van der Waals surface area contributed by atoms with Crippen molar-refractivity contribution in [2.24, 2.45) is 0 Å². The normalized spacial score (nSPS) is 10.0. The number of nitrogens with zero attached hydrogens (tertiary/aromatic N) is 2. The van der Waals surface area contributed by atoms with Gasteiger partial charge in [-0.2, -0.15) is 0 Å². The molecule has 2 aromatic heterocycles. The molecule has 2 nitrogen and oxygen atoms in total. The van der Waals surface area contributed by atoms with E-state index in [1.165, 1.54) is 4.70 Å². The Morgan fingerprint density at radius 1 is 1.06 bits per heavy atom. The molecule has 3 aromatic rings. The molecule has 0 bridgehead atoms. The quantitative estimate of drug-likeness (QED) is 0.566. The van der Waals surface area contributed by atoms with E-state index in [0.717, 1.165) is 16.1 Å². The van der Waals surface area contributed by atoms with Crippen LogP contribution >= 0.6 is 22.7 Å². The highest BCUT2D eigenvalue weighted by molar-refractivity contribution is 7.16. The first-order chi connectivity index (χ1) is 7.92. The minimum Gasteiger partial charge on any atom is -0.245 e. The van der Waals surface area contributed by atoms with Gasteiger partial charge in [0.05, 0.1) is 15.7 Å². The maximum Gasteiger partial charge on any atom is 0.167 e. The molecule has 0 N–H and O–H groups in total. The van der Waals surface area contributed by atoms with Gasteiger partial charge in [0.15, 0.2) is 5.01 Å². The first-order valence-electron chi connectivity index (χ1n) is 4.66. The molecule has 0 fully saturated rings. The lowest BCUT2D eigenvalue weighted by atomic mass is 10.2. The van der Waals surface area contributed by atoms with Gasteiger partial charge in [0.1, 0.15) is 0 Å². The Hall–Kier alpha value is -1.70. The van der Waals surface area contributed by atoms with Gasteiger partial charge in [-0.15, -0.1) is 22.7 Å². The largest absolute Gasteiger partial charge is 0.245 e. The molecule has 0 amide bonds. The van der Waals surface area contributed by atoms with Crippen LogP contribution in [0.4, 0.5) is 0 Å². The van der Waals surface area contributed by atoms with Crippen molar-refractivity contribution in [1.82, 2.24) is 9.97 Å². The highest BCUT2D eigenvalue weighted by Gasteiger charge is 1.96. The average Bonchev–Trinajstić information content (AvgIpc) is 2.97. The van der Waals surface area contributed by atoms with Crippen LogP contribution in [-0.2, 0) is 0 Å². The van der Waals surface area contributed by atoms with E-state index >= 15 is 0 Å². The summed E-state index contributed by atoms with van der Waals surface area (Å²) < 4.78 is 1.17. The molecule has 0 aliphatic carbocycles. The number of thiazole rings is 2. The molecule has 0 saturated heterocycles. The highest BCUT2D eigenvalue weighted by Crippen LogP contribution is 2.18. The van der Waals surface area contributed by atoms with Crippen LogP contribution in [0.1, 0.15) is 10.6 Å². The monoisotopic (exact) mass is 242 g/mol. The van der Waals surface area contributed by atoms with E-state index in [1.54, 1.807) is 28.9 Å². The second-order valence-corrected chi connectivity index (χ2v) is 4.90. The zero-order valence-corrected chi connectivity index (χ0v) is 9.81. The van der Waals surface area contributed by atoms with Gasteiger partial charge in [0.2, 0.25) is 0 Å². The van der Waals surface area contributed by atoms with Gasteiger partial charge in [0, 0.05) is 17.1 Å². The number of benzene rings is 1. The summed E-state index contributed by atoms with van der Waals surface area (Å²) in [7, 11) is 0. The van der Waals surface area contributed by atoms with Crippen LogP contribution in [-0.4, -0.2) is 9.97 Å². The zero-order chi connectivity index (χ0) is 10.8. The summed E-state index contributed by atoms with van der Waals surface area (Å²) >= 11 is 3.19. The van der Waals surface area contributed by atoms with Gasteiger partial charge in [-0.25, -0.2) is 9.97 Å². The van der Waals surface area contributed by atoms with Gasteiger partial charge in [-0.3, -0.25) is 0 Å². The van der Waals surface area contributed by atoms with E-state index in [-0.39, 0.29) is 0 Å². The van der Waals surface area contributed by atoms with Crippen molar-refractivity contribution in [3.63, 3.8) is 0 Å². The Morgan fingerprint density at radius 3 is 2.94 bits per heavy atom. The third-order valence-corrected chi connectivity index (χ3v) is 3.56. The van der Waals surface area contributed by atoms with Gasteiger partial charge in [-0.1, -0.05) is 5.92 Å². The van der Waals surface area contributed by atoms with E-state index in [1.807, 2.05) is 23.0 Å². The first-order valence-corrected chi connectivity index (χ1v) is 6.42. The molecule has 2 heterocycles. The third kappa shape index (κ3) is 1.83. The van der Waals surface area contributed by atoms with Crippen LogP contribution in [0.3, 0.4) is 0 Å². The van der Waals surface area contributed by atoms with Gasteiger partial charge in [0.25, 0.3) is 0 Å². The van der Waals surface area contributed by atoms with Gasteiger partial charge < -0.3 is 0 Å². The molecular formula is C12H6N2S2. The van der Waals surface area contributed by atoms with Crippen molar-refractivity contribution in [2.75, 3.05) is 0 Å². The average molecular weight is 242 g/mol. The fourth-order valence-corrected chi connectivity index (χ4v) is 2.54. The van der Waals surface area contributed by atoms with Crippen LogP contribution in [0.2, 0.25) is 0 Å². The summed E-state index contributed by atoms with van der Waals surface area (Å²) in [5, 5.41) is 2.78. The molecule has 0 spiro atoms. The van der Waals surface area contributed by atoms with Crippen molar-refractivity contribution in [2.45, 2.75) is 0 Å². The lowest BCUT2D eigenvalue weighted by Gasteiger charge is -1.89. The van der Waals surface area contributed by atoms with E-state index in [0.29, 0.717) is 0 Å². The summed E-state index contributed by atoms with van der Waals surface area (Å²) in [4.78, 5) is 8.35. The van der Waals surface area contributed by atoms with Crippen LogP contribution in [0.15, 0.2) is 35.3 Å². The molecule has 0 unspecified atom stereocenters. The molecule has 4 heteroatoms. The Kier molecular flexibility index (Phi) is 2.41. The van der Waals surface area contributed by atoms with Crippen LogP contribution in [0, 0.1) is 11.8 Å². The lowest BCUT2D eigenvalue weighted by molar-refractivity contribution is 1.39. The third-order valence-electron chi connectivity index (χ3n) is 2.08. The standard InChI is InChI=1S/C12H6N2S2/c1-3-10-11(16-8-14-10)7-9(1)2-4-12-13-5-6-15-12/h1,3,5-8H. The molecule has 76 valence electrons. The molecule has 0 aliphatic heterocycles. The van der Waals surface area contributed by atoms with Crippen molar-refractivity contribution >= 4 is 32.9 Å². The molecule has 0 aliphatic rings. The molecule has 16 heavy (non-hydrogen) atoms. The molecule has 1 aromatic carbocycles.